The minimum Gasteiger partial charge on any atom is -0.358 e. The molecular formula is C23H28N4O2S. The van der Waals surface area contributed by atoms with E-state index in [1.807, 2.05) is 51.3 Å². The van der Waals surface area contributed by atoms with Crippen LogP contribution in [0, 0.1) is 12.3 Å². The summed E-state index contributed by atoms with van der Waals surface area (Å²) in [6.45, 7) is 8.80. The Morgan fingerprint density at radius 1 is 1.30 bits per heavy atom. The third-order valence-corrected chi connectivity index (χ3v) is 6.20. The number of para-hydroxylation sites is 1. The normalized spacial score (nSPS) is 16.9. The Morgan fingerprint density at radius 3 is 2.83 bits per heavy atom. The molecule has 0 aliphatic carbocycles. The largest absolute Gasteiger partial charge is 0.358 e. The second kappa shape index (κ2) is 7.87. The van der Waals surface area contributed by atoms with E-state index in [1.165, 1.54) is 11.3 Å². The van der Waals surface area contributed by atoms with Crippen molar-refractivity contribution in [1.29, 1.82) is 0 Å². The standard InChI is InChI=1S/C23H28N4O2S/c1-14-20(15-8-5-6-9-16(15)24-14)17-13-30-22(25-17)26-21(29)18-10-7-11-27(18)19(28)12-23(2,3)4/h5-6,8-9,13,18,24H,7,10-12H2,1-4H3,(H,25,26,29). The number of likely N-dealkylation sites (tertiary alicyclic amines) is 1. The van der Waals surface area contributed by atoms with Gasteiger partial charge in [-0.25, -0.2) is 4.98 Å². The smallest absolute Gasteiger partial charge is 0.248 e. The van der Waals surface area contributed by atoms with Crippen molar-refractivity contribution in [3.63, 3.8) is 0 Å². The van der Waals surface area contributed by atoms with Crippen molar-refractivity contribution >= 4 is 39.2 Å². The molecule has 0 saturated carbocycles. The van der Waals surface area contributed by atoms with Gasteiger partial charge in [0, 0.05) is 40.5 Å². The van der Waals surface area contributed by atoms with Crippen LogP contribution in [0.5, 0.6) is 0 Å². The second-order valence-electron chi connectivity index (χ2n) is 9.18. The average Bonchev–Trinajstić information content (AvgIpc) is 3.37. The van der Waals surface area contributed by atoms with Crippen LogP contribution >= 0.6 is 11.3 Å². The molecule has 1 aliphatic heterocycles. The van der Waals surface area contributed by atoms with E-state index < -0.39 is 6.04 Å². The molecule has 1 fully saturated rings. The van der Waals surface area contributed by atoms with Crippen molar-refractivity contribution in [2.75, 3.05) is 11.9 Å². The minimum atomic E-state index is -0.415. The van der Waals surface area contributed by atoms with Gasteiger partial charge in [0.25, 0.3) is 0 Å². The molecule has 2 amide bonds. The van der Waals surface area contributed by atoms with Crippen molar-refractivity contribution in [2.45, 2.75) is 53.0 Å². The molecule has 3 aromatic rings. The average molecular weight is 425 g/mol. The number of aryl methyl sites for hydroxylation is 1. The first-order chi connectivity index (χ1) is 14.2. The van der Waals surface area contributed by atoms with Gasteiger partial charge >= 0.3 is 0 Å². The molecule has 30 heavy (non-hydrogen) atoms. The molecule has 2 aromatic heterocycles. The number of H-pyrrole nitrogens is 1. The summed E-state index contributed by atoms with van der Waals surface area (Å²) < 4.78 is 0. The van der Waals surface area contributed by atoms with Crippen LogP contribution in [0.1, 0.15) is 45.7 Å². The van der Waals surface area contributed by atoms with E-state index in [4.69, 9.17) is 0 Å². The van der Waals surface area contributed by atoms with Crippen molar-refractivity contribution in [2.24, 2.45) is 5.41 Å². The van der Waals surface area contributed by atoms with Gasteiger partial charge in [-0.1, -0.05) is 39.0 Å². The van der Waals surface area contributed by atoms with Crippen LogP contribution in [-0.2, 0) is 9.59 Å². The van der Waals surface area contributed by atoms with Crippen LogP contribution in [0.3, 0.4) is 0 Å². The molecule has 0 radical (unpaired) electrons. The predicted molar refractivity (Wildman–Crippen MR) is 122 cm³/mol. The highest BCUT2D eigenvalue weighted by atomic mass is 32.1. The van der Waals surface area contributed by atoms with Gasteiger partial charge in [0.1, 0.15) is 6.04 Å². The maximum atomic E-state index is 12.9. The summed E-state index contributed by atoms with van der Waals surface area (Å²) in [5.74, 6) is -0.0966. The van der Waals surface area contributed by atoms with Gasteiger partial charge in [-0.2, -0.15) is 0 Å². The fourth-order valence-corrected chi connectivity index (χ4v) is 4.84. The van der Waals surface area contributed by atoms with Crippen molar-refractivity contribution in [1.82, 2.24) is 14.9 Å². The molecule has 6 nitrogen and oxygen atoms in total. The van der Waals surface area contributed by atoms with Gasteiger partial charge in [-0.15, -0.1) is 11.3 Å². The SMILES string of the molecule is Cc1[nH]c2ccccc2c1-c1csc(NC(=O)C2CCCN2C(=O)CC(C)(C)C)n1. The van der Waals surface area contributed by atoms with E-state index in [1.54, 1.807) is 4.90 Å². The lowest BCUT2D eigenvalue weighted by atomic mass is 9.91. The molecule has 158 valence electrons. The number of rotatable bonds is 4. The molecule has 1 unspecified atom stereocenters. The fraction of sp³-hybridized carbons (Fsp3) is 0.435. The molecule has 1 atom stereocenters. The third-order valence-electron chi connectivity index (χ3n) is 5.44. The zero-order chi connectivity index (χ0) is 21.5. The Labute approximate surface area is 180 Å². The second-order valence-corrected chi connectivity index (χ2v) is 10.0. The number of thiazole rings is 1. The predicted octanol–water partition coefficient (Wildman–Crippen LogP) is 4.97. The molecule has 7 heteroatoms. The van der Waals surface area contributed by atoms with E-state index in [9.17, 15) is 9.59 Å². The first-order valence-electron chi connectivity index (χ1n) is 10.4. The minimum absolute atomic E-state index is 0.0504. The van der Waals surface area contributed by atoms with Gasteiger partial charge in [0.15, 0.2) is 5.13 Å². The van der Waals surface area contributed by atoms with E-state index in [2.05, 4.69) is 21.4 Å². The summed E-state index contributed by atoms with van der Waals surface area (Å²) in [4.78, 5) is 35.4. The number of anilines is 1. The number of aromatic amines is 1. The fourth-order valence-electron chi connectivity index (χ4n) is 4.13. The summed E-state index contributed by atoms with van der Waals surface area (Å²) in [5.41, 5.74) is 3.93. The molecular weight excluding hydrogens is 396 g/mol. The summed E-state index contributed by atoms with van der Waals surface area (Å²) in [7, 11) is 0. The Morgan fingerprint density at radius 2 is 2.07 bits per heavy atom. The topological polar surface area (TPSA) is 78.1 Å². The van der Waals surface area contributed by atoms with E-state index in [-0.39, 0.29) is 17.2 Å². The van der Waals surface area contributed by atoms with Gasteiger partial charge in [-0.05, 0) is 31.2 Å². The highest BCUT2D eigenvalue weighted by Gasteiger charge is 2.35. The van der Waals surface area contributed by atoms with Crippen molar-refractivity contribution in [3.8, 4) is 11.3 Å². The Bertz CT molecular complexity index is 1090. The van der Waals surface area contributed by atoms with Crippen LogP contribution in [0.2, 0.25) is 0 Å². The van der Waals surface area contributed by atoms with Gasteiger partial charge in [0.2, 0.25) is 11.8 Å². The zero-order valence-corrected chi connectivity index (χ0v) is 18.7. The highest BCUT2D eigenvalue weighted by molar-refractivity contribution is 7.14. The van der Waals surface area contributed by atoms with Gasteiger partial charge < -0.3 is 15.2 Å². The van der Waals surface area contributed by atoms with Gasteiger partial charge in [-0.3, -0.25) is 9.59 Å². The van der Waals surface area contributed by atoms with E-state index in [0.29, 0.717) is 24.5 Å². The monoisotopic (exact) mass is 424 g/mol. The highest BCUT2D eigenvalue weighted by Crippen LogP contribution is 2.34. The van der Waals surface area contributed by atoms with Gasteiger partial charge in [0.05, 0.1) is 5.69 Å². The third kappa shape index (κ3) is 4.12. The Balaban J connectivity index is 1.50. The number of fused-ring (bicyclic) bond motifs is 1. The number of nitrogens with one attached hydrogen (secondary N) is 2. The number of carbonyl (C=O) groups is 2. The zero-order valence-electron chi connectivity index (χ0n) is 17.9. The molecule has 1 aliphatic rings. The number of aromatic nitrogens is 2. The number of amides is 2. The Hall–Kier alpha value is -2.67. The number of nitrogens with zero attached hydrogens (tertiary/aromatic N) is 2. The summed E-state index contributed by atoms with van der Waals surface area (Å²) in [5, 5.41) is 6.60. The van der Waals surface area contributed by atoms with Crippen LogP contribution in [0.25, 0.3) is 22.2 Å². The van der Waals surface area contributed by atoms with Crippen LogP contribution < -0.4 is 5.32 Å². The summed E-state index contributed by atoms with van der Waals surface area (Å²) in [6.07, 6.45) is 1.99. The molecule has 1 saturated heterocycles. The number of benzene rings is 1. The lowest BCUT2D eigenvalue weighted by Crippen LogP contribution is -2.44. The maximum absolute atomic E-state index is 12.9. The number of carbonyl (C=O) groups excluding carboxylic acids is 2. The quantitative estimate of drug-likeness (QED) is 0.621. The van der Waals surface area contributed by atoms with Crippen LogP contribution in [-0.4, -0.2) is 39.3 Å². The molecule has 2 N–H and O–H groups in total. The lowest BCUT2D eigenvalue weighted by molar-refractivity contribution is -0.138. The maximum Gasteiger partial charge on any atom is 0.248 e. The van der Waals surface area contributed by atoms with E-state index >= 15 is 0 Å². The number of hydrogen-bond donors (Lipinski definition) is 2. The van der Waals surface area contributed by atoms with Crippen LogP contribution in [0.15, 0.2) is 29.6 Å². The first kappa shape index (κ1) is 20.6. The number of hydrogen-bond acceptors (Lipinski definition) is 4. The molecule has 4 rings (SSSR count). The van der Waals surface area contributed by atoms with Crippen LogP contribution in [0.4, 0.5) is 5.13 Å². The summed E-state index contributed by atoms with van der Waals surface area (Å²) >= 11 is 1.41. The lowest BCUT2D eigenvalue weighted by Gasteiger charge is -2.27. The molecule has 0 spiro atoms. The van der Waals surface area contributed by atoms with E-state index in [0.717, 1.165) is 34.3 Å². The molecule has 1 aromatic carbocycles. The molecule has 0 bridgehead atoms. The van der Waals surface area contributed by atoms with Crippen molar-refractivity contribution < 1.29 is 9.59 Å². The molecule has 3 heterocycles. The van der Waals surface area contributed by atoms with Crippen molar-refractivity contribution in [3.05, 3.63) is 35.3 Å². The first-order valence-corrected chi connectivity index (χ1v) is 11.2. The Kier molecular flexibility index (Phi) is 5.40. The summed E-state index contributed by atoms with van der Waals surface area (Å²) in [6, 6.07) is 7.72.